The van der Waals surface area contributed by atoms with Crippen LogP contribution in [0, 0.1) is 0 Å². The maximum absolute atomic E-state index is 11.2. The van der Waals surface area contributed by atoms with Crippen molar-refractivity contribution < 1.29 is 103 Å². The molecule has 0 amide bonds. The summed E-state index contributed by atoms with van der Waals surface area (Å²) in [5.41, 5.74) is 0. The van der Waals surface area contributed by atoms with Crippen LogP contribution in [0.1, 0.15) is 83.1 Å². The van der Waals surface area contributed by atoms with Gasteiger partial charge in [0.2, 0.25) is 24.6 Å². The van der Waals surface area contributed by atoms with Crippen molar-refractivity contribution in [3.05, 3.63) is 0 Å². The van der Waals surface area contributed by atoms with Gasteiger partial charge in [0.1, 0.15) is 0 Å². The molecule has 0 aromatic carbocycles. The van der Waals surface area contributed by atoms with E-state index in [1.54, 1.807) is 83.1 Å². The molecule has 0 aromatic heterocycles. The van der Waals surface area contributed by atoms with E-state index in [1.807, 2.05) is 0 Å². The fourth-order valence-electron chi connectivity index (χ4n) is 2.62. The summed E-state index contributed by atoms with van der Waals surface area (Å²) in [6.07, 6.45) is -8.40. The molecule has 0 radical (unpaired) electrons. The van der Waals surface area contributed by atoms with Gasteiger partial charge in [-0.15, -0.1) is 0 Å². The molecule has 0 saturated heterocycles. The number of hydrogen-bond acceptors (Lipinski definition) is 16. The number of ether oxygens (including phenoxy) is 12. The Morgan fingerprint density at radius 2 is 0.311 bits per heavy atom. The van der Waals surface area contributed by atoms with E-state index < -0.39 is 24.6 Å². The van der Waals surface area contributed by atoms with Crippen molar-refractivity contribution in [3.8, 4) is 0 Å². The molecule has 0 aromatic rings. The van der Waals surface area contributed by atoms with Gasteiger partial charge >= 0.3 is 26.2 Å². The Bertz CT molecular complexity index is 413. The summed E-state index contributed by atoms with van der Waals surface area (Å²) >= 11 is 0. The van der Waals surface area contributed by atoms with E-state index in [-0.39, 0.29) is 105 Å². The second-order valence-electron chi connectivity index (χ2n) is 7.20. The van der Waals surface area contributed by atoms with Gasteiger partial charge in [-0.2, -0.15) is 0 Å². The zero-order valence-corrected chi connectivity index (χ0v) is 32.0. The van der Waals surface area contributed by atoms with Gasteiger partial charge in [-0.3, -0.25) is 0 Å². The first kappa shape index (κ1) is 54.7. The van der Waals surface area contributed by atoms with E-state index in [2.05, 4.69) is 0 Å². The fourth-order valence-corrected chi connectivity index (χ4v) is 2.62. The molecule has 0 aliphatic carbocycles. The van der Waals surface area contributed by atoms with Gasteiger partial charge in [0.15, 0.2) is 0 Å². The largest absolute Gasteiger partial charge is 4.00 e. The minimum Gasteiger partial charge on any atom is -0.782 e. The molecule has 0 bridgehead atoms. The monoisotopic (exact) mass is 742 g/mol. The molecule has 0 unspecified atom stereocenters. The maximum Gasteiger partial charge on any atom is 4.00 e. The first-order valence-corrected chi connectivity index (χ1v) is 15.2. The summed E-state index contributed by atoms with van der Waals surface area (Å²) in [7, 11) is 0. The van der Waals surface area contributed by atoms with Crippen molar-refractivity contribution in [2.75, 3.05) is 79.3 Å². The molecule has 0 atom stereocenters. The van der Waals surface area contributed by atoms with Crippen LogP contribution in [0.25, 0.3) is 0 Å². The molecule has 17 heteroatoms. The van der Waals surface area contributed by atoms with Crippen LogP contribution in [0.15, 0.2) is 0 Å². The topological polar surface area (TPSA) is 203 Å². The van der Waals surface area contributed by atoms with Crippen LogP contribution in [0.2, 0.25) is 0 Å². The number of rotatable bonds is 24. The van der Waals surface area contributed by atoms with E-state index in [1.165, 1.54) is 0 Å². The summed E-state index contributed by atoms with van der Waals surface area (Å²) in [6, 6.07) is 0. The third-order valence-electron chi connectivity index (χ3n) is 3.85. The average molecular weight is 744 g/mol. The Hall–Kier alpha value is 0.243. The van der Waals surface area contributed by atoms with Gasteiger partial charge in [-0.05, 0) is 83.1 Å². The molecule has 0 aliphatic heterocycles. The summed E-state index contributed by atoms with van der Waals surface area (Å²) in [4.78, 5) is 0. The van der Waals surface area contributed by atoms with Crippen LogP contribution in [0.3, 0.4) is 0 Å². The zero-order valence-electron chi connectivity index (χ0n) is 29.5. The molecule has 0 saturated carbocycles. The average Bonchev–Trinajstić information content (AvgIpc) is 2.91. The normalized spacial score (nSPS) is 11.7. The quantitative estimate of drug-likeness (QED) is 0.122. The Kier molecular flexibility index (Phi) is 43.2. The molecule has 16 nitrogen and oxygen atoms in total. The summed E-state index contributed by atoms with van der Waals surface area (Å²) in [5.74, 6) is 0. The zero-order chi connectivity index (χ0) is 35.0. The standard InChI is InChI=1S/4C7H15O4.Zr/c4*1-4-9-7(8,10-5-2)11-6-3;/h4*4-6H2,1-3H3;/q4*-1;+4. The van der Waals surface area contributed by atoms with Gasteiger partial charge in [-0.1, -0.05) is 0 Å². The molecule has 0 N–H and O–H groups in total. The Morgan fingerprint density at radius 3 is 0.356 bits per heavy atom. The molecule has 272 valence electrons. The molecule has 0 rings (SSSR count). The molecule has 0 fully saturated rings. The Morgan fingerprint density at radius 1 is 0.244 bits per heavy atom. The third-order valence-corrected chi connectivity index (χ3v) is 3.85. The number of hydrogen-bond donors (Lipinski definition) is 0. The maximum atomic E-state index is 11.2. The fraction of sp³-hybridized carbons (Fsp3) is 1.00. The van der Waals surface area contributed by atoms with Crippen molar-refractivity contribution in [3.63, 3.8) is 0 Å². The van der Waals surface area contributed by atoms with E-state index in [0.29, 0.717) is 0 Å². The van der Waals surface area contributed by atoms with Crippen LogP contribution in [-0.4, -0.2) is 104 Å². The van der Waals surface area contributed by atoms with Crippen molar-refractivity contribution in [1.29, 1.82) is 0 Å². The second kappa shape index (κ2) is 35.5. The van der Waals surface area contributed by atoms with Crippen LogP contribution >= 0.6 is 0 Å². The van der Waals surface area contributed by atoms with Crippen LogP contribution in [0.4, 0.5) is 0 Å². The summed E-state index contributed by atoms with van der Waals surface area (Å²) < 4.78 is 56.5. The Labute approximate surface area is 289 Å². The van der Waals surface area contributed by atoms with Crippen molar-refractivity contribution in [2.45, 2.75) is 108 Å². The molecule has 0 spiro atoms. The predicted octanol–water partition coefficient (Wildman–Crippen LogP) is 0.268. The van der Waals surface area contributed by atoms with Crippen LogP contribution < -0.4 is 20.4 Å². The van der Waals surface area contributed by atoms with Gasteiger partial charge in [0.25, 0.3) is 0 Å². The summed E-state index contributed by atoms with van der Waals surface area (Å²) in [6.45, 7) is 23.9. The minimum absolute atomic E-state index is 0. The minimum atomic E-state index is -2.10. The first-order valence-electron chi connectivity index (χ1n) is 15.2. The smallest absolute Gasteiger partial charge is 0.782 e. The molecule has 0 aliphatic rings. The van der Waals surface area contributed by atoms with Gasteiger partial charge < -0.3 is 77.3 Å². The van der Waals surface area contributed by atoms with E-state index in [4.69, 9.17) is 56.8 Å². The summed E-state index contributed by atoms with van der Waals surface area (Å²) in [5, 5.41) is 44.9. The predicted molar refractivity (Wildman–Crippen MR) is 150 cm³/mol. The van der Waals surface area contributed by atoms with Gasteiger partial charge in [-0.25, -0.2) is 0 Å². The molecule has 0 heterocycles. The van der Waals surface area contributed by atoms with Crippen molar-refractivity contribution in [1.82, 2.24) is 0 Å². The second-order valence-corrected chi connectivity index (χ2v) is 7.20. The van der Waals surface area contributed by atoms with Crippen LogP contribution in [-0.2, 0) is 83.0 Å². The van der Waals surface area contributed by atoms with Gasteiger partial charge in [0, 0.05) is 79.3 Å². The van der Waals surface area contributed by atoms with Crippen molar-refractivity contribution in [2.24, 2.45) is 0 Å². The van der Waals surface area contributed by atoms with Gasteiger partial charge in [0.05, 0.1) is 0 Å². The van der Waals surface area contributed by atoms with Crippen LogP contribution in [0.5, 0.6) is 0 Å². The molecular formula is C28H60O16Zr. The van der Waals surface area contributed by atoms with E-state index >= 15 is 0 Å². The molecule has 45 heavy (non-hydrogen) atoms. The Balaban J connectivity index is -0.000000157. The molecular weight excluding hydrogens is 684 g/mol. The van der Waals surface area contributed by atoms with E-state index in [9.17, 15) is 20.4 Å². The first-order chi connectivity index (χ1) is 20.7. The SMILES string of the molecule is CCOC([O-])(OCC)OCC.CCOC([O-])(OCC)OCC.CCOC([O-])(OCC)OCC.CCOC([O-])(OCC)OCC.[Zr+4]. The third kappa shape index (κ3) is 33.9. The van der Waals surface area contributed by atoms with Crippen molar-refractivity contribution >= 4 is 0 Å². The van der Waals surface area contributed by atoms with E-state index in [0.717, 1.165) is 0 Å².